The zero-order chi connectivity index (χ0) is 26.2. The van der Waals surface area contributed by atoms with Crippen LogP contribution in [0.25, 0.3) is 16.7 Å². The summed E-state index contributed by atoms with van der Waals surface area (Å²) in [5.41, 5.74) is 2.91. The normalized spacial score (nSPS) is 18.6. The number of ether oxygens (including phenoxy) is 2. The quantitative estimate of drug-likeness (QED) is 0.329. The molecule has 1 spiro atoms. The molecule has 0 radical (unpaired) electrons. The van der Waals surface area contributed by atoms with Gasteiger partial charge in [-0.1, -0.05) is 32.4 Å². The molecule has 1 atom stereocenters. The van der Waals surface area contributed by atoms with Gasteiger partial charge >= 0.3 is 0 Å². The molecule has 1 aliphatic carbocycles. The second kappa shape index (κ2) is 8.15. The van der Waals surface area contributed by atoms with Crippen LogP contribution in [-0.4, -0.2) is 51.1 Å². The lowest BCUT2D eigenvalue weighted by atomic mass is 9.91. The molecule has 11 nitrogen and oxygen atoms in total. The summed E-state index contributed by atoms with van der Waals surface area (Å²) in [5, 5.41) is 13.1. The van der Waals surface area contributed by atoms with E-state index in [4.69, 9.17) is 31.2 Å². The third-order valence-corrected chi connectivity index (χ3v) is 7.85. The van der Waals surface area contributed by atoms with Gasteiger partial charge in [0.15, 0.2) is 23.0 Å². The van der Waals surface area contributed by atoms with Crippen molar-refractivity contribution in [3.05, 3.63) is 47.8 Å². The molecule has 1 saturated heterocycles. The van der Waals surface area contributed by atoms with Crippen LogP contribution in [0.2, 0.25) is 5.02 Å². The van der Waals surface area contributed by atoms with Crippen molar-refractivity contribution < 1.29 is 9.47 Å². The molecule has 5 aromatic heterocycles. The van der Waals surface area contributed by atoms with Crippen LogP contribution in [0, 0.1) is 0 Å². The van der Waals surface area contributed by atoms with E-state index in [-0.39, 0.29) is 17.1 Å². The number of rotatable bonds is 5. The second-order valence-electron chi connectivity index (χ2n) is 11.1. The number of nitrogens with one attached hydrogen (secondary N) is 1. The molecular formula is C26H28ClN9O2. The smallest absolute Gasteiger partial charge is 0.210 e. The molecule has 7 rings (SSSR count). The van der Waals surface area contributed by atoms with Gasteiger partial charge < -0.3 is 19.4 Å². The van der Waals surface area contributed by atoms with Crippen LogP contribution in [0.4, 0.5) is 11.8 Å². The van der Waals surface area contributed by atoms with E-state index in [9.17, 15) is 0 Å². The fourth-order valence-electron chi connectivity index (χ4n) is 5.35. The molecule has 12 heteroatoms. The summed E-state index contributed by atoms with van der Waals surface area (Å²) in [5.74, 6) is 2.25. The highest BCUT2D eigenvalue weighted by molar-refractivity contribution is 6.36. The van der Waals surface area contributed by atoms with Gasteiger partial charge in [-0.15, -0.1) is 0 Å². The Kier molecular flexibility index (Phi) is 5.02. The van der Waals surface area contributed by atoms with Crippen molar-refractivity contribution in [1.82, 2.24) is 38.9 Å². The Hall–Kier alpha value is -3.70. The second-order valence-corrected chi connectivity index (χ2v) is 11.5. The van der Waals surface area contributed by atoms with Crippen LogP contribution in [0.15, 0.2) is 37.1 Å². The van der Waals surface area contributed by atoms with Gasteiger partial charge in [0.2, 0.25) is 5.95 Å². The highest BCUT2D eigenvalue weighted by atomic mass is 35.5. The lowest BCUT2D eigenvalue weighted by Gasteiger charge is -2.26. The van der Waals surface area contributed by atoms with Crippen molar-refractivity contribution in [2.24, 2.45) is 7.05 Å². The van der Waals surface area contributed by atoms with Gasteiger partial charge in [0.1, 0.15) is 16.1 Å². The average molecular weight is 534 g/mol. The van der Waals surface area contributed by atoms with Crippen LogP contribution in [0.5, 0.6) is 11.5 Å². The number of fused-ring (bicyclic) bond motifs is 2. The molecule has 0 aromatic carbocycles. The summed E-state index contributed by atoms with van der Waals surface area (Å²) >= 11 is 6.81. The van der Waals surface area contributed by atoms with Crippen molar-refractivity contribution in [1.29, 1.82) is 0 Å². The van der Waals surface area contributed by atoms with E-state index in [2.05, 4.69) is 51.9 Å². The van der Waals surface area contributed by atoms with Gasteiger partial charge in [0, 0.05) is 43.2 Å². The standard InChI is InChI=1S/C26H28ClN9O2/c1-25(2,3)19-11-20(33-36(19)18-5-10-37-26(18)6-7-26)31-24-32-23-22(34(24)4)21(27)17(13-29-23)38-16-14-30-35-9-8-28-12-15(16)35/h8-9,11-14,18H,5-7,10H2,1-4H3,(H,29,31,32,33)/t18-/m1/s1. The summed E-state index contributed by atoms with van der Waals surface area (Å²) < 4.78 is 17.9. The molecule has 2 fully saturated rings. The molecule has 0 unspecified atom stereocenters. The first-order valence-corrected chi connectivity index (χ1v) is 13.1. The van der Waals surface area contributed by atoms with Crippen LogP contribution in [0.3, 0.4) is 0 Å². The SMILES string of the molecule is Cn1c(Nc2cc(C(C)(C)C)n([C@@H]3CCOC34CC4)n2)nc2ncc(Oc3cnn4ccncc34)c(Cl)c21. The molecule has 0 bridgehead atoms. The first kappa shape index (κ1) is 23.4. The molecule has 5 aromatic rings. The molecular weight excluding hydrogens is 506 g/mol. The van der Waals surface area contributed by atoms with Gasteiger partial charge in [0.05, 0.1) is 30.2 Å². The van der Waals surface area contributed by atoms with E-state index in [0.29, 0.717) is 33.6 Å². The molecule has 1 saturated carbocycles. The van der Waals surface area contributed by atoms with Crippen molar-refractivity contribution >= 4 is 40.0 Å². The van der Waals surface area contributed by atoms with Crippen molar-refractivity contribution in [2.45, 2.75) is 57.1 Å². The Morgan fingerprint density at radius 1 is 1.18 bits per heavy atom. The highest BCUT2D eigenvalue weighted by Gasteiger charge is 2.56. The summed E-state index contributed by atoms with van der Waals surface area (Å²) in [6.07, 6.45) is 11.4. The van der Waals surface area contributed by atoms with Crippen LogP contribution in [-0.2, 0) is 17.2 Å². The maximum atomic E-state index is 6.81. The summed E-state index contributed by atoms with van der Waals surface area (Å²) in [4.78, 5) is 13.4. The Morgan fingerprint density at radius 2 is 2.03 bits per heavy atom. The fraction of sp³-hybridized carbons (Fsp3) is 0.423. The minimum atomic E-state index is -0.0807. The Balaban J connectivity index is 1.23. The minimum Gasteiger partial charge on any atom is -0.450 e. The molecule has 196 valence electrons. The minimum absolute atomic E-state index is 0.0494. The van der Waals surface area contributed by atoms with E-state index in [0.717, 1.165) is 42.9 Å². The van der Waals surface area contributed by atoms with Crippen molar-refractivity contribution in [3.63, 3.8) is 0 Å². The predicted molar refractivity (Wildman–Crippen MR) is 142 cm³/mol. The number of hydrogen-bond donors (Lipinski definition) is 1. The number of anilines is 2. The van der Waals surface area contributed by atoms with Gasteiger partial charge in [-0.3, -0.25) is 9.67 Å². The summed E-state index contributed by atoms with van der Waals surface area (Å²) in [7, 11) is 1.89. The molecule has 2 aliphatic rings. The van der Waals surface area contributed by atoms with Crippen molar-refractivity contribution in [3.8, 4) is 11.5 Å². The maximum absolute atomic E-state index is 6.81. The first-order valence-electron chi connectivity index (χ1n) is 12.7. The number of hydrogen-bond acceptors (Lipinski definition) is 8. The number of pyridine rings is 1. The monoisotopic (exact) mass is 533 g/mol. The lowest BCUT2D eigenvalue weighted by molar-refractivity contribution is 0.0668. The number of aromatic nitrogens is 8. The fourth-order valence-corrected chi connectivity index (χ4v) is 5.65. The topological polar surface area (TPSA) is 109 Å². The third-order valence-electron chi connectivity index (χ3n) is 7.48. The van der Waals surface area contributed by atoms with Gasteiger partial charge in [0.25, 0.3) is 0 Å². The van der Waals surface area contributed by atoms with E-state index in [1.54, 1.807) is 35.5 Å². The van der Waals surface area contributed by atoms with Crippen LogP contribution < -0.4 is 10.1 Å². The molecule has 0 amide bonds. The number of nitrogens with zero attached hydrogens (tertiary/aromatic N) is 8. The molecule has 1 aliphatic heterocycles. The Labute approximate surface area is 223 Å². The van der Waals surface area contributed by atoms with Gasteiger partial charge in [-0.05, 0) is 19.3 Å². The predicted octanol–water partition coefficient (Wildman–Crippen LogP) is 5.19. The van der Waals surface area contributed by atoms with Crippen molar-refractivity contribution in [2.75, 3.05) is 11.9 Å². The zero-order valence-corrected chi connectivity index (χ0v) is 22.4. The molecule has 38 heavy (non-hydrogen) atoms. The molecule has 1 N–H and O–H groups in total. The number of aryl methyl sites for hydroxylation is 1. The van der Waals surface area contributed by atoms with E-state index in [1.165, 1.54) is 0 Å². The highest BCUT2D eigenvalue weighted by Crippen LogP contribution is 2.54. The first-order chi connectivity index (χ1) is 18.2. The average Bonchev–Trinajstić information content (AvgIpc) is 3.20. The number of imidazole rings is 1. The van der Waals surface area contributed by atoms with Crippen LogP contribution >= 0.6 is 11.6 Å². The zero-order valence-electron chi connectivity index (χ0n) is 21.6. The summed E-state index contributed by atoms with van der Waals surface area (Å²) in [6.45, 7) is 7.40. The maximum Gasteiger partial charge on any atom is 0.210 e. The van der Waals surface area contributed by atoms with Gasteiger partial charge in [-0.2, -0.15) is 15.2 Å². The number of halogens is 1. The van der Waals surface area contributed by atoms with Gasteiger partial charge in [-0.25, -0.2) is 9.50 Å². The van der Waals surface area contributed by atoms with E-state index < -0.39 is 0 Å². The van der Waals surface area contributed by atoms with E-state index >= 15 is 0 Å². The lowest BCUT2D eigenvalue weighted by Crippen LogP contribution is -2.28. The Morgan fingerprint density at radius 3 is 2.82 bits per heavy atom. The third kappa shape index (κ3) is 3.64. The molecule has 6 heterocycles. The van der Waals surface area contributed by atoms with E-state index in [1.807, 2.05) is 11.6 Å². The summed E-state index contributed by atoms with van der Waals surface area (Å²) in [6, 6.07) is 2.36. The Bertz CT molecular complexity index is 1690. The largest absolute Gasteiger partial charge is 0.450 e. The van der Waals surface area contributed by atoms with Crippen LogP contribution in [0.1, 0.15) is 51.8 Å².